The summed E-state index contributed by atoms with van der Waals surface area (Å²) in [5, 5.41) is 0. The van der Waals surface area contributed by atoms with Crippen LogP contribution < -0.4 is 0 Å². The van der Waals surface area contributed by atoms with Gasteiger partial charge in [-0.15, -0.1) is 0 Å². The monoisotopic (exact) mass is 226 g/mol. The van der Waals surface area contributed by atoms with Crippen LogP contribution in [0.25, 0.3) is 0 Å². The summed E-state index contributed by atoms with van der Waals surface area (Å²) in [5.41, 5.74) is 2.91. The Labute approximate surface area is 105 Å². The molecule has 0 nitrogen and oxygen atoms in total. The molecule has 0 bridgehead atoms. The van der Waals surface area contributed by atoms with Gasteiger partial charge in [0.15, 0.2) is 0 Å². The van der Waals surface area contributed by atoms with Gasteiger partial charge in [0.25, 0.3) is 0 Å². The summed E-state index contributed by atoms with van der Waals surface area (Å²) in [5.74, 6) is 0. The number of rotatable bonds is 4. The second kappa shape index (κ2) is 23.8. The minimum Gasteiger partial charge on any atom is -0.0991 e. The first-order valence-corrected chi connectivity index (χ1v) is 6.23. The van der Waals surface area contributed by atoms with Crippen LogP contribution in [0.15, 0.2) is 36.0 Å². The zero-order valence-electron chi connectivity index (χ0n) is 11.9. The van der Waals surface area contributed by atoms with E-state index in [9.17, 15) is 0 Å². The van der Waals surface area contributed by atoms with Gasteiger partial charge in [-0.3, -0.25) is 0 Å². The molecule has 0 rings (SSSR count). The van der Waals surface area contributed by atoms with Crippen LogP contribution in [0.5, 0.6) is 0 Å². The molecule has 0 amide bonds. The van der Waals surface area contributed by atoms with E-state index >= 15 is 0 Å². The van der Waals surface area contributed by atoms with E-state index in [0.717, 1.165) is 12.8 Å². The highest BCUT2D eigenvalue weighted by molar-refractivity contribution is 5.26. The molecule has 0 N–H and O–H groups in total. The smallest absolute Gasteiger partial charge is 0.0308 e. The van der Waals surface area contributed by atoms with Crippen molar-refractivity contribution in [2.75, 3.05) is 0 Å². The van der Waals surface area contributed by atoms with Gasteiger partial charge in [-0.05, 0) is 25.3 Å². The highest BCUT2D eigenvalue weighted by atomic mass is 14.0. The molecule has 98 valence electrons. The van der Waals surface area contributed by atoms with Gasteiger partial charge in [0.2, 0.25) is 0 Å². The number of allylic oxidation sites excluding steroid dienone is 5. The van der Waals surface area contributed by atoms with Gasteiger partial charge >= 0.3 is 0 Å². The zero-order chi connectivity index (χ0) is 12.7. The van der Waals surface area contributed by atoms with Gasteiger partial charge in [-0.25, -0.2) is 0 Å². The van der Waals surface area contributed by atoms with Crippen LogP contribution >= 0.6 is 0 Å². The molecule has 0 aliphatic rings. The average molecular weight is 226 g/mol. The van der Waals surface area contributed by atoms with E-state index in [1.807, 2.05) is 39.8 Å². The molecule has 0 aromatic carbocycles. The van der Waals surface area contributed by atoms with E-state index in [-0.39, 0.29) is 7.43 Å². The summed E-state index contributed by atoms with van der Waals surface area (Å²) < 4.78 is 0. The molecule has 0 atom stereocenters. The highest BCUT2D eigenvalue weighted by Crippen LogP contribution is 2.12. The third-order valence-electron chi connectivity index (χ3n) is 1.89. The largest absolute Gasteiger partial charge is 0.0991 e. The van der Waals surface area contributed by atoms with Gasteiger partial charge in [0, 0.05) is 0 Å². The molecular formula is C16H34. The van der Waals surface area contributed by atoms with Crippen LogP contribution in [-0.2, 0) is 0 Å². The van der Waals surface area contributed by atoms with Crippen molar-refractivity contribution in [3.63, 3.8) is 0 Å². The van der Waals surface area contributed by atoms with Gasteiger partial charge in [-0.2, -0.15) is 0 Å². The summed E-state index contributed by atoms with van der Waals surface area (Å²) >= 11 is 0. The van der Waals surface area contributed by atoms with E-state index in [0.29, 0.717) is 0 Å². The molecule has 0 spiro atoms. The van der Waals surface area contributed by atoms with E-state index < -0.39 is 0 Å². The fourth-order valence-corrected chi connectivity index (χ4v) is 0.973. The summed E-state index contributed by atoms with van der Waals surface area (Å²) in [7, 11) is 0. The fourth-order valence-electron chi connectivity index (χ4n) is 0.973. The Balaban J connectivity index is -0.000000129. The first kappa shape index (κ1) is 24.4. The Morgan fingerprint density at radius 3 is 1.69 bits per heavy atom. The second-order valence-electron chi connectivity index (χ2n) is 2.61. The van der Waals surface area contributed by atoms with Crippen molar-refractivity contribution in [1.82, 2.24) is 0 Å². The normalized spacial score (nSPS) is 9.94. The molecule has 0 aromatic heterocycles. The lowest BCUT2D eigenvalue weighted by Gasteiger charge is -2.02. The molecule has 0 radical (unpaired) electrons. The van der Waals surface area contributed by atoms with Crippen LogP contribution in [0.3, 0.4) is 0 Å². The van der Waals surface area contributed by atoms with Crippen molar-refractivity contribution < 1.29 is 0 Å². The third kappa shape index (κ3) is 15.7. The molecule has 0 aliphatic carbocycles. The first-order valence-electron chi connectivity index (χ1n) is 6.23. The van der Waals surface area contributed by atoms with Crippen molar-refractivity contribution in [2.24, 2.45) is 0 Å². The highest BCUT2D eigenvalue weighted by Gasteiger charge is 1.92. The topological polar surface area (TPSA) is 0 Å². The van der Waals surface area contributed by atoms with Crippen LogP contribution in [0, 0.1) is 0 Å². The maximum absolute atomic E-state index is 3.64. The molecule has 0 heteroatoms. The molecule has 0 saturated heterocycles. The Bertz CT molecular complexity index is 170. The molecule has 0 saturated carbocycles. The van der Waals surface area contributed by atoms with Gasteiger partial charge < -0.3 is 0 Å². The summed E-state index contributed by atoms with van der Waals surface area (Å²) in [6.07, 6.45) is 8.22. The number of hydrogen-bond acceptors (Lipinski definition) is 0. The maximum Gasteiger partial charge on any atom is -0.0308 e. The second-order valence-corrected chi connectivity index (χ2v) is 2.61. The van der Waals surface area contributed by atoms with Crippen molar-refractivity contribution >= 4 is 0 Å². The SMILES string of the molecule is C.C=C/C=C\C(CC)=C(/C)CC.CC.CC. The zero-order valence-corrected chi connectivity index (χ0v) is 11.9. The molecule has 0 aliphatic heterocycles. The molecule has 0 fully saturated rings. The molecule has 0 unspecified atom stereocenters. The van der Waals surface area contributed by atoms with Crippen LogP contribution in [0.2, 0.25) is 0 Å². The summed E-state index contributed by atoms with van der Waals surface area (Å²) in [4.78, 5) is 0. The van der Waals surface area contributed by atoms with Gasteiger partial charge in [0.05, 0.1) is 0 Å². The van der Waals surface area contributed by atoms with Gasteiger partial charge in [0.1, 0.15) is 0 Å². The van der Waals surface area contributed by atoms with Gasteiger partial charge in [-0.1, -0.05) is 79.3 Å². The van der Waals surface area contributed by atoms with Crippen molar-refractivity contribution in [3.05, 3.63) is 36.0 Å². The molecular weight excluding hydrogens is 192 g/mol. The Morgan fingerprint density at radius 2 is 1.44 bits per heavy atom. The maximum atomic E-state index is 3.64. The predicted molar refractivity (Wildman–Crippen MR) is 82.0 cm³/mol. The number of hydrogen-bond donors (Lipinski definition) is 0. The van der Waals surface area contributed by atoms with Crippen LogP contribution in [0.1, 0.15) is 68.7 Å². The minimum absolute atomic E-state index is 0. The molecule has 0 aromatic rings. The average Bonchev–Trinajstić information content (AvgIpc) is 2.34. The van der Waals surface area contributed by atoms with E-state index in [2.05, 4.69) is 33.4 Å². The Kier molecular flexibility index (Phi) is 36.4. The lowest BCUT2D eigenvalue weighted by atomic mass is 10.0. The van der Waals surface area contributed by atoms with E-state index in [4.69, 9.17) is 0 Å². The minimum atomic E-state index is 0. The standard InChI is InChI=1S/C11H18.2C2H6.CH4/c1-5-8-9-11(7-3)10(4)6-2;2*1-2;/h5,8-9H,1,6-7H2,2-4H3;2*1-2H3;1H4/b9-8-,11-10+;;;. The van der Waals surface area contributed by atoms with Crippen molar-refractivity contribution in [3.8, 4) is 0 Å². The van der Waals surface area contributed by atoms with Crippen LogP contribution in [0.4, 0.5) is 0 Å². The first-order chi connectivity index (χ1) is 7.26. The lowest BCUT2D eigenvalue weighted by Crippen LogP contribution is -1.81. The molecule has 0 heterocycles. The summed E-state index contributed by atoms with van der Waals surface area (Å²) in [6.45, 7) is 18.2. The predicted octanol–water partition coefficient (Wildman–Crippen LogP) is 6.55. The van der Waals surface area contributed by atoms with Crippen LogP contribution in [-0.4, -0.2) is 0 Å². The summed E-state index contributed by atoms with van der Waals surface area (Å²) in [6, 6.07) is 0. The lowest BCUT2D eigenvalue weighted by molar-refractivity contribution is 1.02. The fraction of sp³-hybridized carbons (Fsp3) is 0.625. The van der Waals surface area contributed by atoms with E-state index in [1.54, 1.807) is 0 Å². The Morgan fingerprint density at radius 1 is 1.00 bits per heavy atom. The quantitative estimate of drug-likeness (QED) is 0.477. The van der Waals surface area contributed by atoms with E-state index in [1.165, 1.54) is 11.1 Å². The molecule has 16 heavy (non-hydrogen) atoms. The van der Waals surface area contributed by atoms with Crippen molar-refractivity contribution in [2.45, 2.75) is 68.7 Å². The van der Waals surface area contributed by atoms with Crippen molar-refractivity contribution in [1.29, 1.82) is 0 Å². The Hall–Kier alpha value is -0.780. The third-order valence-corrected chi connectivity index (χ3v) is 1.89.